The number of aromatic nitrogens is 1. The Kier molecular flexibility index (Phi) is 7.97. The molecule has 9 heteroatoms. The molecule has 37 heavy (non-hydrogen) atoms. The van der Waals surface area contributed by atoms with Crippen LogP contribution in [0.2, 0.25) is 0 Å². The van der Waals surface area contributed by atoms with E-state index in [1.54, 1.807) is 37.1 Å². The van der Waals surface area contributed by atoms with Crippen LogP contribution in [0.1, 0.15) is 33.6 Å². The van der Waals surface area contributed by atoms with Gasteiger partial charge in [-0.15, -0.1) is 0 Å². The number of nitrogens with zero attached hydrogens (tertiary/aromatic N) is 2. The van der Waals surface area contributed by atoms with Gasteiger partial charge in [-0.25, -0.2) is 14.2 Å². The number of hydrogen-bond donors (Lipinski definition) is 1. The van der Waals surface area contributed by atoms with Crippen molar-refractivity contribution in [2.75, 3.05) is 18.1 Å². The van der Waals surface area contributed by atoms with Crippen LogP contribution in [-0.4, -0.2) is 36.6 Å². The Labute approximate surface area is 220 Å². The summed E-state index contributed by atoms with van der Waals surface area (Å²) in [4.78, 5) is 30.3. The fraction of sp³-hybridized carbons (Fsp3) is 0.321. The molecule has 1 aromatic heterocycles. The number of fused-ring (bicyclic) bond motifs is 1. The van der Waals surface area contributed by atoms with Crippen molar-refractivity contribution in [2.24, 2.45) is 5.41 Å². The number of carbonyl (C=O) groups is 2. The van der Waals surface area contributed by atoms with Gasteiger partial charge in [0.15, 0.2) is 0 Å². The van der Waals surface area contributed by atoms with E-state index in [0.29, 0.717) is 41.0 Å². The number of ether oxygens (including phenoxy) is 2. The highest BCUT2D eigenvalue weighted by molar-refractivity contribution is 6.30. The van der Waals surface area contributed by atoms with Crippen LogP contribution in [0.3, 0.4) is 0 Å². The maximum absolute atomic E-state index is 13.7. The number of pyridine rings is 1. The third kappa shape index (κ3) is 6.57. The molecule has 1 aliphatic carbocycles. The molecule has 4 rings (SSSR count). The molecule has 0 saturated carbocycles. The maximum Gasteiger partial charge on any atom is 0.326 e. The Morgan fingerprint density at radius 3 is 2.78 bits per heavy atom. The number of allylic oxidation sites excluding steroid dienone is 5. The molecule has 1 N–H and O–H groups in total. The Hall–Kier alpha value is -3.65. The van der Waals surface area contributed by atoms with E-state index < -0.39 is 5.41 Å². The average Bonchev–Trinajstić information content (AvgIpc) is 3.05. The summed E-state index contributed by atoms with van der Waals surface area (Å²) < 4.78 is 25.5. The molecule has 0 radical (unpaired) electrons. The Morgan fingerprint density at radius 1 is 1.30 bits per heavy atom. The number of hydrogen-bond acceptors (Lipinski definition) is 5. The number of aldehydes is 1. The van der Waals surface area contributed by atoms with Gasteiger partial charge in [0.05, 0.1) is 17.6 Å². The summed E-state index contributed by atoms with van der Waals surface area (Å²) in [6, 6.07) is 8.87. The first kappa shape index (κ1) is 26.4. The number of benzene rings is 1. The molecule has 2 amide bonds. The van der Waals surface area contributed by atoms with Crippen LogP contribution < -0.4 is 19.7 Å². The van der Waals surface area contributed by atoms with Crippen LogP contribution in [0.25, 0.3) is 11.1 Å². The number of nitrogens with one attached hydrogen (secondary N) is 1. The predicted octanol–water partition coefficient (Wildman–Crippen LogP) is 6.30. The molecule has 1 aromatic carbocycles. The summed E-state index contributed by atoms with van der Waals surface area (Å²) >= 11 is 6.06. The molecule has 1 unspecified atom stereocenters. The molecule has 1 atom stereocenters. The second-order valence-corrected chi connectivity index (χ2v) is 10.1. The van der Waals surface area contributed by atoms with Gasteiger partial charge in [-0.05, 0) is 62.3 Å². The molecular weight excluding hydrogens is 497 g/mol. The molecule has 2 aliphatic rings. The van der Waals surface area contributed by atoms with E-state index in [-0.39, 0.29) is 31.0 Å². The zero-order valence-electron chi connectivity index (χ0n) is 21.0. The quantitative estimate of drug-likeness (QED) is 0.429. The lowest BCUT2D eigenvalue weighted by Gasteiger charge is -2.35. The van der Waals surface area contributed by atoms with Crippen LogP contribution >= 0.6 is 11.6 Å². The molecule has 2 aromatic rings. The molecule has 7 nitrogen and oxygen atoms in total. The second kappa shape index (κ2) is 11.2. The topological polar surface area (TPSA) is 80.8 Å². The third-order valence-electron chi connectivity index (χ3n) is 5.96. The minimum Gasteiger partial charge on any atom is -0.486 e. The largest absolute Gasteiger partial charge is 0.486 e. The van der Waals surface area contributed by atoms with Crippen molar-refractivity contribution in [1.29, 1.82) is 0 Å². The van der Waals surface area contributed by atoms with E-state index in [4.69, 9.17) is 21.1 Å². The van der Waals surface area contributed by atoms with Crippen molar-refractivity contribution in [1.82, 2.24) is 10.3 Å². The van der Waals surface area contributed by atoms with Crippen LogP contribution in [0.4, 0.5) is 14.9 Å². The molecule has 1 aliphatic heterocycles. The average molecular weight is 526 g/mol. The number of carbonyl (C=O) groups excluding carboxylic acids is 2. The van der Waals surface area contributed by atoms with E-state index in [1.165, 1.54) is 12.2 Å². The highest BCUT2D eigenvalue weighted by Crippen LogP contribution is 2.38. The summed E-state index contributed by atoms with van der Waals surface area (Å²) in [5.41, 5.74) is 2.16. The standard InChI is InChI=1S/C28H29ClFN3O4/c1-4-23-15-33(27(35)32-22-8-7-21(30)12-20(29)13-22)24-9-5-18(11-25(24)37-23)19-6-10-26(31-14-19)36-17-28(2,3)16-34/h5-11,13-14,16,23H,4,12,15,17H2,1-3H3,(H,32,35). The number of rotatable bonds is 7. The minimum atomic E-state index is -0.591. The first-order chi connectivity index (χ1) is 17.7. The van der Waals surface area contributed by atoms with Crippen molar-refractivity contribution < 1.29 is 23.5 Å². The number of urea groups is 1. The van der Waals surface area contributed by atoms with Gasteiger partial charge >= 0.3 is 6.03 Å². The molecule has 2 heterocycles. The van der Waals surface area contributed by atoms with Gasteiger partial charge in [0.2, 0.25) is 5.88 Å². The van der Waals surface area contributed by atoms with Crippen molar-refractivity contribution >= 4 is 29.6 Å². The lowest BCUT2D eigenvalue weighted by Crippen LogP contribution is -2.47. The SMILES string of the molecule is CCC1CN(C(=O)NC2=CC=C(F)CC(Cl)=C2)c2ccc(-c3ccc(OCC(C)(C)C=O)nc3)cc2O1. The van der Waals surface area contributed by atoms with E-state index in [2.05, 4.69) is 10.3 Å². The van der Waals surface area contributed by atoms with E-state index in [0.717, 1.165) is 17.4 Å². The van der Waals surface area contributed by atoms with Gasteiger partial charge in [-0.1, -0.05) is 24.6 Å². The van der Waals surface area contributed by atoms with Crippen molar-refractivity contribution in [3.05, 3.63) is 71.3 Å². The summed E-state index contributed by atoms with van der Waals surface area (Å²) in [6.07, 6.45) is 7.40. The van der Waals surface area contributed by atoms with Gasteiger partial charge in [0.25, 0.3) is 0 Å². The first-order valence-corrected chi connectivity index (χ1v) is 12.4. The van der Waals surface area contributed by atoms with Crippen molar-refractivity contribution in [3.8, 4) is 22.8 Å². The van der Waals surface area contributed by atoms with Crippen LogP contribution in [0, 0.1) is 5.41 Å². The summed E-state index contributed by atoms with van der Waals surface area (Å²) in [5.74, 6) is 0.631. The zero-order chi connectivity index (χ0) is 26.6. The van der Waals surface area contributed by atoms with E-state index >= 15 is 0 Å². The highest BCUT2D eigenvalue weighted by Gasteiger charge is 2.30. The Morgan fingerprint density at radius 2 is 2.08 bits per heavy atom. The molecule has 0 fully saturated rings. The molecule has 0 bridgehead atoms. The van der Waals surface area contributed by atoms with Gasteiger partial charge in [0.1, 0.15) is 30.6 Å². The van der Waals surface area contributed by atoms with Crippen LogP contribution in [0.15, 0.2) is 71.3 Å². The predicted molar refractivity (Wildman–Crippen MR) is 141 cm³/mol. The molecule has 0 spiro atoms. The monoisotopic (exact) mass is 525 g/mol. The molecule has 0 saturated heterocycles. The number of anilines is 1. The molecule has 194 valence electrons. The van der Waals surface area contributed by atoms with Crippen LogP contribution in [0.5, 0.6) is 11.6 Å². The lowest BCUT2D eigenvalue weighted by molar-refractivity contribution is -0.116. The fourth-order valence-electron chi connectivity index (χ4n) is 3.80. The smallest absolute Gasteiger partial charge is 0.326 e. The summed E-state index contributed by atoms with van der Waals surface area (Å²) in [6.45, 7) is 6.19. The second-order valence-electron chi connectivity index (χ2n) is 9.66. The van der Waals surface area contributed by atoms with Gasteiger partial charge in [-0.2, -0.15) is 0 Å². The Bertz CT molecular complexity index is 1270. The van der Waals surface area contributed by atoms with Gasteiger partial charge in [-0.3, -0.25) is 4.90 Å². The summed E-state index contributed by atoms with van der Waals surface area (Å²) in [7, 11) is 0. The normalized spacial score (nSPS) is 17.4. The molecular formula is C28H29ClFN3O4. The van der Waals surface area contributed by atoms with Crippen molar-refractivity contribution in [2.45, 2.75) is 39.7 Å². The third-order valence-corrected chi connectivity index (χ3v) is 6.20. The first-order valence-electron chi connectivity index (χ1n) is 12.0. The Balaban J connectivity index is 1.54. The fourth-order valence-corrected chi connectivity index (χ4v) is 4.05. The van der Waals surface area contributed by atoms with E-state index in [9.17, 15) is 14.0 Å². The van der Waals surface area contributed by atoms with Crippen molar-refractivity contribution in [3.63, 3.8) is 0 Å². The van der Waals surface area contributed by atoms with Gasteiger partial charge < -0.3 is 19.6 Å². The number of amides is 2. The van der Waals surface area contributed by atoms with Gasteiger partial charge in [0, 0.05) is 35.0 Å². The van der Waals surface area contributed by atoms with Crippen LogP contribution in [-0.2, 0) is 4.79 Å². The maximum atomic E-state index is 13.7. The zero-order valence-corrected chi connectivity index (χ0v) is 21.7. The summed E-state index contributed by atoms with van der Waals surface area (Å²) in [5, 5.41) is 3.12. The van der Waals surface area contributed by atoms with E-state index in [1.807, 2.05) is 31.2 Å². The highest BCUT2D eigenvalue weighted by atomic mass is 35.5. The lowest BCUT2D eigenvalue weighted by atomic mass is 9.98. The number of halogens is 2. The minimum absolute atomic E-state index is 0.00279.